The van der Waals surface area contributed by atoms with Crippen LogP contribution in [0.3, 0.4) is 0 Å². The molecule has 110 valence electrons. The fraction of sp³-hybridized carbons (Fsp3) is 1.00. The van der Waals surface area contributed by atoms with Gasteiger partial charge in [-0.05, 0) is 43.3 Å². The van der Waals surface area contributed by atoms with Crippen LogP contribution < -0.4 is 5.32 Å². The van der Waals surface area contributed by atoms with E-state index in [0.717, 1.165) is 24.5 Å². The number of rotatable bonds is 2. The van der Waals surface area contributed by atoms with Gasteiger partial charge in [-0.2, -0.15) is 11.8 Å². The Morgan fingerprint density at radius 1 is 1.21 bits per heavy atom. The molecular formula is C16H29NOS. The van der Waals surface area contributed by atoms with Gasteiger partial charge in [-0.25, -0.2) is 0 Å². The van der Waals surface area contributed by atoms with Crippen molar-refractivity contribution in [2.24, 2.45) is 11.8 Å². The van der Waals surface area contributed by atoms with E-state index in [0.29, 0.717) is 6.04 Å². The fourth-order valence-corrected chi connectivity index (χ4v) is 5.53. The van der Waals surface area contributed by atoms with E-state index in [1.54, 1.807) is 0 Å². The van der Waals surface area contributed by atoms with Gasteiger partial charge in [-0.3, -0.25) is 0 Å². The van der Waals surface area contributed by atoms with Crippen LogP contribution in [-0.4, -0.2) is 35.8 Å². The Labute approximate surface area is 122 Å². The minimum Gasteiger partial charge on any atom is -0.374 e. The summed E-state index contributed by atoms with van der Waals surface area (Å²) >= 11 is 2.08. The van der Waals surface area contributed by atoms with Crippen molar-refractivity contribution in [1.29, 1.82) is 0 Å². The molecule has 2 aliphatic heterocycles. The van der Waals surface area contributed by atoms with Crippen molar-refractivity contribution in [1.82, 2.24) is 5.32 Å². The van der Waals surface area contributed by atoms with Gasteiger partial charge in [0.1, 0.15) is 0 Å². The second-order valence-corrected chi connectivity index (χ2v) is 8.17. The second kappa shape index (κ2) is 5.95. The van der Waals surface area contributed by atoms with E-state index in [1.807, 2.05) is 0 Å². The summed E-state index contributed by atoms with van der Waals surface area (Å²) in [7, 11) is 0. The molecule has 19 heavy (non-hydrogen) atoms. The highest BCUT2D eigenvalue weighted by Gasteiger charge is 2.41. The fourth-order valence-electron chi connectivity index (χ4n) is 4.15. The Balaban J connectivity index is 1.57. The number of hydrogen-bond acceptors (Lipinski definition) is 3. The van der Waals surface area contributed by atoms with Gasteiger partial charge < -0.3 is 10.1 Å². The standard InChI is InChI=1S/C16H29NOS/c1-12-4-3-5-15(13(12)2)17-14-6-8-18-16(10-14)7-9-19-11-16/h12-15,17H,3-11H2,1-2H3. The maximum atomic E-state index is 6.13. The molecule has 3 rings (SSSR count). The van der Waals surface area contributed by atoms with E-state index < -0.39 is 0 Å². The van der Waals surface area contributed by atoms with E-state index in [2.05, 4.69) is 30.9 Å². The molecule has 0 radical (unpaired) electrons. The molecular weight excluding hydrogens is 254 g/mol. The minimum absolute atomic E-state index is 0.226. The van der Waals surface area contributed by atoms with E-state index in [9.17, 15) is 0 Å². The summed E-state index contributed by atoms with van der Waals surface area (Å²) in [6.45, 7) is 5.84. The lowest BCUT2D eigenvalue weighted by atomic mass is 9.77. The number of thioether (sulfide) groups is 1. The first-order valence-corrected chi connectivity index (χ1v) is 9.32. The van der Waals surface area contributed by atoms with Crippen molar-refractivity contribution >= 4 is 11.8 Å². The van der Waals surface area contributed by atoms with Crippen LogP contribution in [0, 0.1) is 11.8 Å². The molecule has 2 nitrogen and oxygen atoms in total. The second-order valence-electron chi connectivity index (χ2n) is 7.06. The molecule has 3 heteroatoms. The van der Waals surface area contributed by atoms with E-state index >= 15 is 0 Å². The van der Waals surface area contributed by atoms with Gasteiger partial charge in [0.25, 0.3) is 0 Å². The van der Waals surface area contributed by atoms with Gasteiger partial charge in [0.05, 0.1) is 5.60 Å². The Hall–Kier alpha value is 0.270. The highest BCUT2D eigenvalue weighted by atomic mass is 32.2. The third-order valence-corrected chi connectivity index (χ3v) is 6.94. The van der Waals surface area contributed by atoms with Gasteiger partial charge in [0.15, 0.2) is 0 Å². The molecule has 0 aromatic carbocycles. The largest absolute Gasteiger partial charge is 0.374 e. The van der Waals surface area contributed by atoms with Gasteiger partial charge in [0, 0.05) is 24.4 Å². The summed E-state index contributed by atoms with van der Waals surface area (Å²) in [5, 5.41) is 4.00. The third-order valence-electron chi connectivity index (χ3n) is 5.72. The topological polar surface area (TPSA) is 21.3 Å². The van der Waals surface area contributed by atoms with Crippen LogP contribution in [0.4, 0.5) is 0 Å². The van der Waals surface area contributed by atoms with Gasteiger partial charge in [0.2, 0.25) is 0 Å². The zero-order valence-electron chi connectivity index (χ0n) is 12.5. The van der Waals surface area contributed by atoms with Crippen molar-refractivity contribution in [2.45, 2.75) is 70.1 Å². The number of ether oxygens (including phenoxy) is 1. The molecule has 1 aliphatic carbocycles. The molecule has 0 amide bonds. The van der Waals surface area contributed by atoms with Crippen LogP contribution >= 0.6 is 11.8 Å². The van der Waals surface area contributed by atoms with Gasteiger partial charge in [-0.1, -0.05) is 26.7 Å². The van der Waals surface area contributed by atoms with Crippen molar-refractivity contribution < 1.29 is 4.74 Å². The summed E-state index contributed by atoms with van der Waals surface area (Å²) < 4.78 is 6.13. The van der Waals surface area contributed by atoms with Crippen molar-refractivity contribution in [3.05, 3.63) is 0 Å². The Bertz CT molecular complexity index is 303. The predicted molar refractivity (Wildman–Crippen MR) is 82.7 cm³/mol. The number of nitrogens with one attached hydrogen (secondary N) is 1. The quantitative estimate of drug-likeness (QED) is 0.838. The van der Waals surface area contributed by atoms with Crippen LogP contribution in [0.2, 0.25) is 0 Å². The minimum atomic E-state index is 0.226. The lowest BCUT2D eigenvalue weighted by Gasteiger charge is -2.42. The molecule has 1 spiro atoms. The van der Waals surface area contributed by atoms with Crippen LogP contribution in [0.15, 0.2) is 0 Å². The lowest BCUT2D eigenvalue weighted by Crippen LogP contribution is -2.52. The van der Waals surface area contributed by atoms with E-state index in [4.69, 9.17) is 4.74 Å². The summed E-state index contributed by atoms with van der Waals surface area (Å²) in [6.07, 6.45) is 7.94. The smallest absolute Gasteiger partial charge is 0.0795 e. The average molecular weight is 283 g/mol. The van der Waals surface area contributed by atoms with Crippen LogP contribution in [-0.2, 0) is 4.74 Å². The van der Waals surface area contributed by atoms with Crippen molar-refractivity contribution in [3.63, 3.8) is 0 Å². The molecule has 5 unspecified atom stereocenters. The highest BCUT2D eigenvalue weighted by molar-refractivity contribution is 7.99. The molecule has 1 N–H and O–H groups in total. The van der Waals surface area contributed by atoms with Crippen molar-refractivity contribution in [3.8, 4) is 0 Å². The third kappa shape index (κ3) is 3.14. The summed E-state index contributed by atoms with van der Waals surface area (Å²) in [5.74, 6) is 4.25. The molecule has 5 atom stereocenters. The van der Waals surface area contributed by atoms with Crippen molar-refractivity contribution in [2.75, 3.05) is 18.1 Å². The first kappa shape index (κ1) is 14.2. The average Bonchev–Trinajstić information content (AvgIpc) is 2.83. The van der Waals surface area contributed by atoms with Gasteiger partial charge >= 0.3 is 0 Å². The lowest BCUT2D eigenvalue weighted by molar-refractivity contribution is -0.0729. The van der Waals surface area contributed by atoms with Crippen LogP contribution in [0.25, 0.3) is 0 Å². The summed E-state index contributed by atoms with van der Waals surface area (Å²) in [4.78, 5) is 0. The van der Waals surface area contributed by atoms with Crippen LogP contribution in [0.5, 0.6) is 0 Å². The molecule has 0 bridgehead atoms. The first-order chi connectivity index (χ1) is 9.19. The van der Waals surface area contributed by atoms with E-state index in [1.165, 1.54) is 50.0 Å². The molecule has 1 saturated carbocycles. The van der Waals surface area contributed by atoms with Gasteiger partial charge in [-0.15, -0.1) is 0 Å². The molecule has 3 aliphatic rings. The normalized spacial score (nSPS) is 47.7. The first-order valence-electron chi connectivity index (χ1n) is 8.16. The SMILES string of the molecule is CC1CCCC(NC2CCOC3(CCSC3)C2)C1C. The zero-order chi connectivity index (χ0) is 13.3. The Kier molecular flexibility index (Phi) is 4.45. The molecule has 2 heterocycles. The molecule has 0 aromatic rings. The Morgan fingerprint density at radius 2 is 2.11 bits per heavy atom. The monoisotopic (exact) mass is 283 g/mol. The maximum Gasteiger partial charge on any atom is 0.0795 e. The molecule has 0 aromatic heterocycles. The summed E-state index contributed by atoms with van der Waals surface area (Å²) in [5.41, 5.74) is 0.226. The maximum absolute atomic E-state index is 6.13. The van der Waals surface area contributed by atoms with Crippen LogP contribution in [0.1, 0.15) is 52.4 Å². The zero-order valence-corrected chi connectivity index (χ0v) is 13.3. The summed E-state index contributed by atoms with van der Waals surface area (Å²) in [6, 6.07) is 1.45. The Morgan fingerprint density at radius 3 is 2.89 bits per heavy atom. The number of hydrogen-bond donors (Lipinski definition) is 1. The highest BCUT2D eigenvalue weighted by Crippen LogP contribution is 2.39. The molecule has 3 fully saturated rings. The molecule has 2 saturated heterocycles. The predicted octanol–water partition coefficient (Wildman–Crippen LogP) is 3.46. The van der Waals surface area contributed by atoms with E-state index in [-0.39, 0.29) is 5.60 Å².